The van der Waals surface area contributed by atoms with Crippen LogP contribution < -0.4 is 5.32 Å². The number of Topliss-reactive ketones (excluding diaryl/α,β-unsaturated/α-hetero) is 1. The number of nitrogens with zero attached hydrogens (tertiary/aromatic N) is 3. The lowest BCUT2D eigenvalue weighted by atomic mass is 10.0. The Balaban J connectivity index is 1.62. The van der Waals surface area contributed by atoms with E-state index in [0.717, 1.165) is 5.56 Å². The summed E-state index contributed by atoms with van der Waals surface area (Å²) >= 11 is 1.18. The number of amides is 1. The van der Waals surface area contributed by atoms with E-state index in [1.54, 1.807) is 29.8 Å². The first-order chi connectivity index (χ1) is 14.0. The van der Waals surface area contributed by atoms with Crippen molar-refractivity contribution < 1.29 is 14.0 Å². The molecule has 0 aliphatic carbocycles. The first-order valence-electron chi connectivity index (χ1n) is 9.06. The van der Waals surface area contributed by atoms with Crippen LogP contribution in [0.5, 0.6) is 0 Å². The number of carbonyl (C=O) groups is 2. The summed E-state index contributed by atoms with van der Waals surface area (Å²) in [6.45, 7) is 1.46. The third kappa shape index (κ3) is 5.29. The Morgan fingerprint density at radius 1 is 1.10 bits per heavy atom. The van der Waals surface area contributed by atoms with Gasteiger partial charge >= 0.3 is 0 Å². The Hall–Kier alpha value is -3.00. The van der Waals surface area contributed by atoms with Gasteiger partial charge in [0.2, 0.25) is 5.91 Å². The van der Waals surface area contributed by atoms with E-state index < -0.39 is 6.04 Å². The molecular formula is C21H21FN4O2S. The minimum absolute atomic E-state index is 0.0712. The van der Waals surface area contributed by atoms with Crippen LogP contribution in [0.2, 0.25) is 0 Å². The molecule has 1 N–H and O–H groups in total. The normalized spacial score (nSPS) is 11.8. The largest absolute Gasteiger partial charge is 0.345 e. The number of nitrogens with one attached hydrogen (secondary N) is 1. The molecule has 3 aromatic rings. The van der Waals surface area contributed by atoms with E-state index in [0.29, 0.717) is 23.0 Å². The number of rotatable bonds is 8. The first-order valence-corrected chi connectivity index (χ1v) is 10.0. The van der Waals surface area contributed by atoms with Crippen LogP contribution >= 0.6 is 11.8 Å². The lowest BCUT2D eigenvalue weighted by molar-refractivity contribution is -0.125. The molecular weight excluding hydrogens is 391 g/mol. The van der Waals surface area contributed by atoms with E-state index in [4.69, 9.17) is 0 Å². The van der Waals surface area contributed by atoms with Crippen LogP contribution in [0.4, 0.5) is 4.39 Å². The maximum Gasteiger partial charge on any atom is 0.231 e. The molecule has 0 unspecified atom stereocenters. The molecule has 1 atom stereocenters. The SMILES string of the molecule is CC(=O)[C@H](Cc1ccccc1)NC(=O)CSc1nnc(-c2ccccc2F)n1C. The molecule has 0 aliphatic heterocycles. The van der Waals surface area contributed by atoms with Gasteiger partial charge in [0.25, 0.3) is 0 Å². The molecule has 1 aromatic heterocycles. The van der Waals surface area contributed by atoms with Gasteiger partial charge in [-0.15, -0.1) is 10.2 Å². The third-order valence-corrected chi connectivity index (χ3v) is 5.41. The van der Waals surface area contributed by atoms with Crippen LogP contribution in [0.15, 0.2) is 59.8 Å². The van der Waals surface area contributed by atoms with Crippen molar-refractivity contribution in [2.45, 2.75) is 24.5 Å². The second-order valence-corrected chi connectivity index (χ2v) is 7.50. The van der Waals surface area contributed by atoms with E-state index >= 15 is 0 Å². The maximum atomic E-state index is 14.0. The monoisotopic (exact) mass is 412 g/mol. The van der Waals surface area contributed by atoms with Gasteiger partial charge in [0.15, 0.2) is 16.8 Å². The highest BCUT2D eigenvalue weighted by Crippen LogP contribution is 2.24. The summed E-state index contributed by atoms with van der Waals surface area (Å²) in [7, 11) is 1.72. The van der Waals surface area contributed by atoms with Crippen molar-refractivity contribution in [2.24, 2.45) is 7.05 Å². The summed E-state index contributed by atoms with van der Waals surface area (Å²) in [5.41, 5.74) is 1.32. The van der Waals surface area contributed by atoms with Crippen LogP contribution in [-0.2, 0) is 23.1 Å². The van der Waals surface area contributed by atoms with E-state index in [1.165, 1.54) is 24.8 Å². The van der Waals surface area contributed by atoms with Crippen molar-refractivity contribution in [1.29, 1.82) is 0 Å². The molecule has 3 rings (SSSR count). The third-order valence-electron chi connectivity index (χ3n) is 4.39. The van der Waals surface area contributed by atoms with Crippen molar-refractivity contribution in [3.63, 3.8) is 0 Å². The molecule has 150 valence electrons. The van der Waals surface area contributed by atoms with Gasteiger partial charge in [-0.3, -0.25) is 9.59 Å². The number of ketones is 1. The molecule has 0 spiro atoms. The van der Waals surface area contributed by atoms with Crippen LogP contribution in [0.25, 0.3) is 11.4 Å². The molecule has 1 heterocycles. The Morgan fingerprint density at radius 2 is 1.79 bits per heavy atom. The lowest BCUT2D eigenvalue weighted by Gasteiger charge is -2.16. The van der Waals surface area contributed by atoms with Crippen molar-refractivity contribution in [1.82, 2.24) is 20.1 Å². The highest BCUT2D eigenvalue weighted by Gasteiger charge is 2.19. The first kappa shape index (κ1) is 20.7. The summed E-state index contributed by atoms with van der Waals surface area (Å²) in [6.07, 6.45) is 0.438. The van der Waals surface area contributed by atoms with Gasteiger partial charge in [0, 0.05) is 7.05 Å². The smallest absolute Gasteiger partial charge is 0.231 e. The van der Waals surface area contributed by atoms with Gasteiger partial charge in [-0.1, -0.05) is 54.2 Å². The van der Waals surface area contributed by atoms with Crippen LogP contribution in [0.1, 0.15) is 12.5 Å². The van der Waals surface area contributed by atoms with E-state index in [9.17, 15) is 14.0 Å². The molecule has 29 heavy (non-hydrogen) atoms. The fraction of sp³-hybridized carbons (Fsp3) is 0.238. The molecule has 0 saturated carbocycles. The topological polar surface area (TPSA) is 76.9 Å². The van der Waals surface area contributed by atoms with Crippen molar-refractivity contribution in [3.05, 3.63) is 66.0 Å². The molecule has 0 fully saturated rings. The van der Waals surface area contributed by atoms with E-state index in [2.05, 4.69) is 15.5 Å². The minimum Gasteiger partial charge on any atom is -0.345 e. The van der Waals surface area contributed by atoms with Gasteiger partial charge in [0.05, 0.1) is 17.4 Å². The van der Waals surface area contributed by atoms with Crippen molar-refractivity contribution in [2.75, 3.05) is 5.75 Å². The zero-order chi connectivity index (χ0) is 20.8. The van der Waals surface area contributed by atoms with Crippen LogP contribution in [0, 0.1) is 5.82 Å². The summed E-state index contributed by atoms with van der Waals surface area (Å²) in [4.78, 5) is 24.3. The number of carbonyl (C=O) groups excluding carboxylic acids is 2. The van der Waals surface area contributed by atoms with Gasteiger partial charge in [-0.25, -0.2) is 4.39 Å². The predicted octanol–water partition coefficient (Wildman–Crippen LogP) is 3.03. The molecule has 8 heteroatoms. The van der Waals surface area contributed by atoms with E-state index in [-0.39, 0.29) is 23.3 Å². The molecule has 6 nitrogen and oxygen atoms in total. The van der Waals surface area contributed by atoms with Gasteiger partial charge in [-0.2, -0.15) is 0 Å². The molecule has 1 amide bonds. The summed E-state index contributed by atoms with van der Waals surface area (Å²) in [5, 5.41) is 11.3. The van der Waals surface area contributed by atoms with Crippen molar-refractivity contribution in [3.8, 4) is 11.4 Å². The molecule has 2 aromatic carbocycles. The highest BCUT2D eigenvalue weighted by atomic mass is 32.2. The second-order valence-electron chi connectivity index (χ2n) is 6.55. The zero-order valence-corrected chi connectivity index (χ0v) is 16.9. The summed E-state index contributed by atoms with van der Waals surface area (Å²) in [6, 6.07) is 15.3. The lowest BCUT2D eigenvalue weighted by Crippen LogP contribution is -2.42. The van der Waals surface area contributed by atoms with Gasteiger partial charge in [0.1, 0.15) is 5.82 Å². The standard InChI is InChI=1S/C21H21FN4O2S/c1-14(27)18(12-15-8-4-3-5-9-15)23-19(28)13-29-21-25-24-20(26(21)2)16-10-6-7-11-17(16)22/h3-11,18H,12-13H2,1-2H3,(H,23,28)/t18-/m0/s1. The molecule has 0 bridgehead atoms. The number of thioether (sulfide) groups is 1. The fourth-order valence-corrected chi connectivity index (χ4v) is 3.55. The average molecular weight is 412 g/mol. The molecule has 0 radical (unpaired) electrons. The number of aromatic nitrogens is 3. The number of hydrogen-bond acceptors (Lipinski definition) is 5. The Labute approximate surface area is 172 Å². The van der Waals surface area contributed by atoms with Crippen LogP contribution in [-0.4, -0.2) is 38.2 Å². The van der Waals surface area contributed by atoms with Crippen LogP contribution in [0.3, 0.4) is 0 Å². The van der Waals surface area contributed by atoms with Gasteiger partial charge < -0.3 is 9.88 Å². The highest BCUT2D eigenvalue weighted by molar-refractivity contribution is 7.99. The summed E-state index contributed by atoms with van der Waals surface area (Å²) in [5.74, 6) is -0.310. The van der Waals surface area contributed by atoms with E-state index in [1.807, 2.05) is 30.3 Å². The average Bonchev–Trinajstić information content (AvgIpc) is 3.07. The number of benzene rings is 2. The number of hydrogen-bond donors (Lipinski definition) is 1. The minimum atomic E-state index is -0.584. The molecule has 0 aliphatic rings. The maximum absolute atomic E-state index is 14.0. The van der Waals surface area contributed by atoms with Gasteiger partial charge in [-0.05, 0) is 31.0 Å². The Kier molecular flexibility index (Phi) is 6.77. The number of halogens is 1. The Bertz CT molecular complexity index is 1010. The van der Waals surface area contributed by atoms with Crippen molar-refractivity contribution >= 4 is 23.5 Å². The molecule has 0 saturated heterocycles. The summed E-state index contributed by atoms with van der Waals surface area (Å²) < 4.78 is 15.6. The quantitative estimate of drug-likeness (QED) is 0.576. The Morgan fingerprint density at radius 3 is 2.48 bits per heavy atom. The zero-order valence-electron chi connectivity index (χ0n) is 16.1. The predicted molar refractivity (Wildman–Crippen MR) is 110 cm³/mol. The fourth-order valence-electron chi connectivity index (χ4n) is 2.83. The second kappa shape index (κ2) is 9.47.